The highest BCUT2D eigenvalue weighted by molar-refractivity contribution is 7.92. The lowest BCUT2D eigenvalue weighted by atomic mass is 10.1. The van der Waals surface area contributed by atoms with Gasteiger partial charge < -0.3 is 0 Å². The normalized spacial score (nSPS) is 13.5. The molecule has 0 fully saturated rings. The molecule has 0 unspecified atom stereocenters. The van der Waals surface area contributed by atoms with Crippen LogP contribution in [0.25, 0.3) is 0 Å². The average molecular weight is 230 g/mol. The number of hydrogen-bond acceptors (Lipinski definition) is 3. The first kappa shape index (κ1) is 11.8. The fourth-order valence-corrected chi connectivity index (χ4v) is 1.60. The van der Waals surface area contributed by atoms with Gasteiger partial charge in [-0.15, -0.1) is 0 Å². The number of halogens is 1. The van der Waals surface area contributed by atoms with Crippen LogP contribution in [0.1, 0.15) is 17.3 Å². The first-order valence-corrected chi connectivity index (χ1v) is 6.26. The van der Waals surface area contributed by atoms with E-state index in [0.29, 0.717) is 0 Å². The van der Waals surface area contributed by atoms with Gasteiger partial charge in [-0.1, -0.05) is 12.1 Å². The van der Waals surface area contributed by atoms with E-state index in [1.165, 1.54) is 25.1 Å². The minimum atomic E-state index is -3.44. The van der Waals surface area contributed by atoms with Crippen LogP contribution in [-0.4, -0.2) is 25.7 Å². The van der Waals surface area contributed by atoms with E-state index in [0.717, 1.165) is 12.3 Å². The summed E-state index contributed by atoms with van der Waals surface area (Å²) < 4.78 is 35.0. The standard InChI is InChI=1S/C10H11FO3S/c1-7(15(2,13)14)10(12)8-4-3-5-9(11)6-8/h3-7H,1-2H3/t7-/m0/s1. The van der Waals surface area contributed by atoms with Gasteiger partial charge in [0.25, 0.3) is 0 Å². The molecule has 0 aliphatic rings. The maximum absolute atomic E-state index is 12.8. The number of ketones is 1. The highest BCUT2D eigenvalue weighted by Crippen LogP contribution is 2.10. The van der Waals surface area contributed by atoms with Crippen LogP contribution in [0.3, 0.4) is 0 Å². The van der Waals surface area contributed by atoms with Gasteiger partial charge in [0.2, 0.25) is 0 Å². The third-order valence-corrected chi connectivity index (χ3v) is 3.62. The van der Waals surface area contributed by atoms with Gasteiger partial charge in [0.15, 0.2) is 15.6 Å². The summed E-state index contributed by atoms with van der Waals surface area (Å²) in [5.41, 5.74) is 0.0768. The number of rotatable bonds is 3. The molecule has 0 radical (unpaired) electrons. The summed E-state index contributed by atoms with van der Waals surface area (Å²) in [6.45, 7) is 1.29. The van der Waals surface area contributed by atoms with Gasteiger partial charge in [-0.25, -0.2) is 12.8 Å². The highest BCUT2D eigenvalue weighted by Gasteiger charge is 2.24. The van der Waals surface area contributed by atoms with Crippen LogP contribution < -0.4 is 0 Å². The minimum Gasteiger partial charge on any atom is -0.293 e. The van der Waals surface area contributed by atoms with Crippen molar-refractivity contribution in [2.75, 3.05) is 6.26 Å². The van der Waals surface area contributed by atoms with E-state index in [1.54, 1.807) is 0 Å². The molecule has 0 N–H and O–H groups in total. The maximum atomic E-state index is 12.8. The second kappa shape index (κ2) is 4.10. The number of sulfone groups is 1. The van der Waals surface area contributed by atoms with Gasteiger partial charge in [0.1, 0.15) is 11.1 Å². The Labute approximate surface area is 87.8 Å². The molecule has 0 heterocycles. The predicted molar refractivity (Wildman–Crippen MR) is 55.0 cm³/mol. The quantitative estimate of drug-likeness (QED) is 0.738. The molecule has 0 bridgehead atoms. The van der Waals surface area contributed by atoms with Crippen LogP contribution in [0, 0.1) is 5.82 Å². The molecule has 1 rings (SSSR count). The number of Topliss-reactive ketones (excluding diaryl/α,β-unsaturated/α-hetero) is 1. The van der Waals surface area contributed by atoms with Gasteiger partial charge in [0, 0.05) is 11.8 Å². The van der Waals surface area contributed by atoms with Crippen molar-refractivity contribution < 1.29 is 17.6 Å². The zero-order valence-corrected chi connectivity index (χ0v) is 9.21. The monoisotopic (exact) mass is 230 g/mol. The highest BCUT2D eigenvalue weighted by atomic mass is 32.2. The minimum absolute atomic E-state index is 0.0768. The summed E-state index contributed by atoms with van der Waals surface area (Å²) in [5.74, 6) is -1.14. The Balaban J connectivity index is 3.06. The molecule has 5 heteroatoms. The first-order valence-electron chi connectivity index (χ1n) is 4.31. The zero-order chi connectivity index (χ0) is 11.6. The third-order valence-electron chi connectivity index (χ3n) is 2.12. The van der Waals surface area contributed by atoms with Crippen molar-refractivity contribution in [3.8, 4) is 0 Å². The lowest BCUT2D eigenvalue weighted by Crippen LogP contribution is -2.26. The summed E-state index contributed by atoms with van der Waals surface area (Å²) in [4.78, 5) is 11.6. The fraction of sp³-hybridized carbons (Fsp3) is 0.300. The van der Waals surface area contributed by atoms with Gasteiger partial charge >= 0.3 is 0 Å². The van der Waals surface area contributed by atoms with Gasteiger partial charge in [-0.3, -0.25) is 4.79 Å². The van der Waals surface area contributed by atoms with Crippen LogP contribution in [0.2, 0.25) is 0 Å². The molecule has 1 atom stereocenters. The second-order valence-electron chi connectivity index (χ2n) is 3.35. The fourth-order valence-electron chi connectivity index (χ4n) is 1.07. The molecule has 82 valence electrons. The van der Waals surface area contributed by atoms with E-state index in [1.807, 2.05) is 0 Å². The van der Waals surface area contributed by atoms with Crippen molar-refractivity contribution in [1.82, 2.24) is 0 Å². The zero-order valence-electron chi connectivity index (χ0n) is 8.40. The molecular weight excluding hydrogens is 219 g/mol. The number of hydrogen-bond donors (Lipinski definition) is 0. The molecule has 0 aromatic heterocycles. The largest absolute Gasteiger partial charge is 0.293 e. The summed E-state index contributed by atoms with van der Waals surface area (Å²) in [7, 11) is -3.44. The third kappa shape index (κ3) is 2.86. The Hall–Kier alpha value is -1.23. The van der Waals surface area contributed by atoms with Crippen molar-refractivity contribution in [2.24, 2.45) is 0 Å². The molecule has 0 aliphatic heterocycles. The predicted octanol–water partition coefficient (Wildman–Crippen LogP) is 1.44. The van der Waals surface area contributed by atoms with Crippen LogP contribution >= 0.6 is 0 Å². The van der Waals surface area contributed by atoms with E-state index in [9.17, 15) is 17.6 Å². The summed E-state index contributed by atoms with van der Waals surface area (Å²) in [6.07, 6.45) is 0.981. The summed E-state index contributed by atoms with van der Waals surface area (Å²) in [6, 6.07) is 5.00. The lowest BCUT2D eigenvalue weighted by Gasteiger charge is -2.07. The molecule has 0 aliphatic carbocycles. The number of benzene rings is 1. The van der Waals surface area contributed by atoms with Crippen LogP contribution in [0.4, 0.5) is 4.39 Å². The van der Waals surface area contributed by atoms with E-state index < -0.39 is 26.7 Å². The average Bonchev–Trinajstić information content (AvgIpc) is 2.14. The van der Waals surface area contributed by atoms with Gasteiger partial charge in [0.05, 0.1) is 0 Å². The Morgan fingerprint density at radius 2 is 2.00 bits per heavy atom. The van der Waals surface area contributed by atoms with E-state index >= 15 is 0 Å². The molecule has 0 saturated heterocycles. The Morgan fingerprint density at radius 1 is 1.40 bits per heavy atom. The molecule has 1 aromatic rings. The smallest absolute Gasteiger partial charge is 0.180 e. The van der Waals surface area contributed by atoms with Crippen molar-refractivity contribution >= 4 is 15.6 Å². The maximum Gasteiger partial charge on any atom is 0.180 e. The van der Waals surface area contributed by atoms with Crippen molar-refractivity contribution in [3.05, 3.63) is 35.6 Å². The lowest BCUT2D eigenvalue weighted by molar-refractivity contribution is 0.0991. The van der Waals surface area contributed by atoms with Crippen molar-refractivity contribution in [3.63, 3.8) is 0 Å². The van der Waals surface area contributed by atoms with Crippen molar-refractivity contribution in [1.29, 1.82) is 0 Å². The Kier molecular flexibility index (Phi) is 3.24. The van der Waals surface area contributed by atoms with Gasteiger partial charge in [-0.2, -0.15) is 0 Å². The molecule has 3 nitrogen and oxygen atoms in total. The van der Waals surface area contributed by atoms with Crippen molar-refractivity contribution in [2.45, 2.75) is 12.2 Å². The summed E-state index contributed by atoms with van der Waals surface area (Å²) >= 11 is 0. The molecule has 0 spiro atoms. The molecular formula is C10H11FO3S. The SMILES string of the molecule is C[C@@H](C(=O)c1cccc(F)c1)S(C)(=O)=O. The molecule has 1 aromatic carbocycles. The van der Waals surface area contributed by atoms with E-state index in [2.05, 4.69) is 0 Å². The summed E-state index contributed by atoms with van der Waals surface area (Å²) in [5, 5.41) is -1.14. The van der Waals surface area contributed by atoms with Crippen LogP contribution in [0.5, 0.6) is 0 Å². The topological polar surface area (TPSA) is 51.2 Å². The van der Waals surface area contributed by atoms with E-state index in [-0.39, 0.29) is 5.56 Å². The Morgan fingerprint density at radius 3 is 2.47 bits per heavy atom. The molecule has 15 heavy (non-hydrogen) atoms. The molecule has 0 amide bonds. The second-order valence-corrected chi connectivity index (χ2v) is 5.71. The molecule has 0 saturated carbocycles. The Bertz CT molecular complexity index is 479. The van der Waals surface area contributed by atoms with E-state index in [4.69, 9.17) is 0 Å². The van der Waals surface area contributed by atoms with Crippen LogP contribution in [-0.2, 0) is 9.84 Å². The number of carbonyl (C=O) groups excluding carboxylic acids is 1. The van der Waals surface area contributed by atoms with Gasteiger partial charge in [-0.05, 0) is 19.1 Å². The van der Waals surface area contributed by atoms with Crippen LogP contribution in [0.15, 0.2) is 24.3 Å². The number of carbonyl (C=O) groups is 1. The first-order chi connectivity index (χ1) is 6.82.